The number of nitrogens with zero attached hydrogens (tertiary/aromatic N) is 4. The maximum absolute atomic E-state index is 12.9. The van der Waals surface area contributed by atoms with Crippen molar-refractivity contribution in [3.05, 3.63) is 54.1 Å². The lowest BCUT2D eigenvalue weighted by Gasteiger charge is -2.21. The van der Waals surface area contributed by atoms with Crippen molar-refractivity contribution in [1.82, 2.24) is 19.4 Å². The lowest BCUT2D eigenvalue weighted by Crippen LogP contribution is -2.35. The van der Waals surface area contributed by atoms with E-state index in [1.807, 2.05) is 30.3 Å². The van der Waals surface area contributed by atoms with Gasteiger partial charge in [0.05, 0.1) is 12.5 Å². The molecule has 1 aliphatic rings. The number of halogens is 2. The minimum Gasteiger partial charge on any atom is -0.342 e. The fourth-order valence-corrected chi connectivity index (χ4v) is 3.31. The van der Waals surface area contributed by atoms with Crippen molar-refractivity contribution >= 4 is 11.8 Å². The average Bonchev–Trinajstić information content (AvgIpc) is 3.26. The number of amides is 2. The molecular formula is C19H22F2N4O2. The third-order valence-corrected chi connectivity index (χ3v) is 4.79. The highest BCUT2D eigenvalue weighted by Gasteiger charge is 2.35. The summed E-state index contributed by atoms with van der Waals surface area (Å²) in [4.78, 5) is 31.8. The normalized spacial score (nSPS) is 17.0. The molecule has 1 atom stereocenters. The number of benzene rings is 1. The summed E-state index contributed by atoms with van der Waals surface area (Å²) in [5.41, 5.74) is 1.14. The van der Waals surface area contributed by atoms with Gasteiger partial charge >= 0.3 is 6.55 Å². The quantitative estimate of drug-likeness (QED) is 0.745. The molecule has 1 aliphatic heterocycles. The molecule has 6 nitrogen and oxygen atoms in total. The SMILES string of the molecule is CN(Cc1nccn1C(F)F)C(=O)C1CC(=O)N(CCc2ccccc2)C1. The van der Waals surface area contributed by atoms with E-state index in [9.17, 15) is 18.4 Å². The maximum Gasteiger partial charge on any atom is 0.319 e. The predicted octanol–water partition coefficient (Wildman–Crippen LogP) is 2.33. The number of likely N-dealkylation sites (tertiary alicyclic amines) is 1. The highest BCUT2D eigenvalue weighted by Crippen LogP contribution is 2.21. The molecule has 0 saturated carbocycles. The molecule has 1 saturated heterocycles. The molecule has 2 amide bonds. The van der Waals surface area contributed by atoms with Crippen LogP contribution in [-0.2, 0) is 22.6 Å². The van der Waals surface area contributed by atoms with Crippen molar-refractivity contribution in [3.8, 4) is 0 Å². The van der Waals surface area contributed by atoms with Gasteiger partial charge in [-0.15, -0.1) is 0 Å². The van der Waals surface area contributed by atoms with Crippen LogP contribution in [0.15, 0.2) is 42.7 Å². The van der Waals surface area contributed by atoms with Gasteiger partial charge in [0.15, 0.2) is 0 Å². The van der Waals surface area contributed by atoms with Gasteiger partial charge in [-0.05, 0) is 12.0 Å². The summed E-state index contributed by atoms with van der Waals surface area (Å²) < 4.78 is 26.5. The van der Waals surface area contributed by atoms with E-state index in [2.05, 4.69) is 4.98 Å². The van der Waals surface area contributed by atoms with E-state index in [0.717, 1.165) is 16.6 Å². The van der Waals surface area contributed by atoms with Crippen LogP contribution in [0.25, 0.3) is 0 Å². The molecule has 0 bridgehead atoms. The summed E-state index contributed by atoms with van der Waals surface area (Å²) >= 11 is 0. The Labute approximate surface area is 156 Å². The second-order valence-corrected chi connectivity index (χ2v) is 6.70. The molecule has 1 fully saturated rings. The molecule has 0 N–H and O–H groups in total. The zero-order valence-corrected chi connectivity index (χ0v) is 15.1. The zero-order chi connectivity index (χ0) is 19.4. The molecule has 144 valence electrons. The Morgan fingerprint density at radius 2 is 2.07 bits per heavy atom. The van der Waals surface area contributed by atoms with Gasteiger partial charge in [-0.25, -0.2) is 4.98 Å². The number of aromatic nitrogens is 2. The van der Waals surface area contributed by atoms with Gasteiger partial charge in [0, 0.05) is 39.0 Å². The lowest BCUT2D eigenvalue weighted by atomic mass is 10.1. The first-order valence-electron chi connectivity index (χ1n) is 8.82. The molecule has 27 heavy (non-hydrogen) atoms. The van der Waals surface area contributed by atoms with E-state index in [1.165, 1.54) is 17.3 Å². The van der Waals surface area contributed by atoms with Crippen LogP contribution >= 0.6 is 0 Å². The van der Waals surface area contributed by atoms with Crippen molar-refractivity contribution in [2.24, 2.45) is 5.92 Å². The smallest absolute Gasteiger partial charge is 0.319 e. The zero-order valence-electron chi connectivity index (χ0n) is 15.1. The number of imidazole rings is 1. The van der Waals surface area contributed by atoms with Crippen LogP contribution in [0.5, 0.6) is 0 Å². The highest BCUT2D eigenvalue weighted by atomic mass is 19.3. The molecule has 2 aromatic rings. The molecule has 3 rings (SSSR count). The summed E-state index contributed by atoms with van der Waals surface area (Å²) in [6.07, 6.45) is 3.35. The summed E-state index contributed by atoms with van der Waals surface area (Å²) in [5, 5.41) is 0. The minimum atomic E-state index is -2.70. The number of hydrogen-bond acceptors (Lipinski definition) is 3. The van der Waals surface area contributed by atoms with Crippen LogP contribution in [0, 0.1) is 5.92 Å². The molecule has 0 aliphatic carbocycles. The van der Waals surface area contributed by atoms with Crippen LogP contribution < -0.4 is 0 Å². The summed E-state index contributed by atoms with van der Waals surface area (Å²) in [5.74, 6) is -0.611. The van der Waals surface area contributed by atoms with Crippen molar-refractivity contribution < 1.29 is 18.4 Å². The van der Waals surface area contributed by atoms with E-state index in [-0.39, 0.29) is 30.6 Å². The second kappa shape index (κ2) is 8.28. The summed E-state index contributed by atoms with van der Waals surface area (Å²) in [6, 6.07) is 9.84. The van der Waals surface area contributed by atoms with Crippen LogP contribution in [-0.4, -0.2) is 51.3 Å². The topological polar surface area (TPSA) is 58.4 Å². The standard InChI is InChI=1S/C19H22F2N4O2/c1-23(13-16-22-8-10-25(16)19(20)21)18(27)15-11-17(26)24(12-15)9-7-14-5-3-2-4-6-14/h2-6,8,10,15,19H,7,9,11-13H2,1H3. The van der Waals surface area contributed by atoms with Gasteiger partial charge in [-0.3, -0.25) is 14.2 Å². The van der Waals surface area contributed by atoms with E-state index in [1.54, 1.807) is 11.9 Å². The first-order valence-corrected chi connectivity index (χ1v) is 8.82. The Balaban J connectivity index is 1.55. The Kier molecular flexibility index (Phi) is 5.83. The molecule has 0 spiro atoms. The summed E-state index contributed by atoms with van der Waals surface area (Å²) in [7, 11) is 1.55. The number of carbonyl (C=O) groups excluding carboxylic acids is 2. The predicted molar refractivity (Wildman–Crippen MR) is 94.8 cm³/mol. The van der Waals surface area contributed by atoms with Crippen molar-refractivity contribution in [2.45, 2.75) is 25.9 Å². The average molecular weight is 376 g/mol. The minimum absolute atomic E-state index is 0.0229. The Bertz CT molecular complexity index is 794. The maximum atomic E-state index is 12.9. The Morgan fingerprint density at radius 1 is 1.33 bits per heavy atom. The first kappa shape index (κ1) is 19.0. The summed E-state index contributed by atoms with van der Waals surface area (Å²) in [6.45, 7) is -1.80. The van der Waals surface area contributed by atoms with Crippen molar-refractivity contribution in [1.29, 1.82) is 0 Å². The van der Waals surface area contributed by atoms with Crippen LogP contribution in [0.1, 0.15) is 24.4 Å². The van der Waals surface area contributed by atoms with Crippen LogP contribution in [0.4, 0.5) is 8.78 Å². The van der Waals surface area contributed by atoms with Crippen molar-refractivity contribution in [3.63, 3.8) is 0 Å². The lowest BCUT2D eigenvalue weighted by molar-refractivity contribution is -0.135. The second-order valence-electron chi connectivity index (χ2n) is 6.70. The third-order valence-electron chi connectivity index (χ3n) is 4.79. The third kappa shape index (κ3) is 4.50. The molecule has 1 aromatic heterocycles. The van der Waals surface area contributed by atoms with E-state index in [4.69, 9.17) is 0 Å². The monoisotopic (exact) mass is 376 g/mol. The fourth-order valence-electron chi connectivity index (χ4n) is 3.31. The highest BCUT2D eigenvalue weighted by molar-refractivity contribution is 5.89. The van der Waals surface area contributed by atoms with E-state index >= 15 is 0 Å². The van der Waals surface area contributed by atoms with Gasteiger partial charge in [0.1, 0.15) is 5.82 Å². The molecule has 1 aromatic carbocycles. The van der Waals surface area contributed by atoms with E-state index in [0.29, 0.717) is 13.1 Å². The van der Waals surface area contributed by atoms with Crippen molar-refractivity contribution in [2.75, 3.05) is 20.1 Å². The molecular weight excluding hydrogens is 354 g/mol. The largest absolute Gasteiger partial charge is 0.342 e. The van der Waals surface area contributed by atoms with Gasteiger partial charge in [-0.2, -0.15) is 8.78 Å². The van der Waals surface area contributed by atoms with Gasteiger partial charge < -0.3 is 9.80 Å². The molecule has 2 heterocycles. The Hall–Kier alpha value is -2.77. The first-order chi connectivity index (χ1) is 13.0. The fraction of sp³-hybridized carbons (Fsp3) is 0.421. The van der Waals surface area contributed by atoms with Gasteiger partial charge in [0.25, 0.3) is 0 Å². The van der Waals surface area contributed by atoms with Gasteiger partial charge in [-0.1, -0.05) is 30.3 Å². The molecule has 1 unspecified atom stereocenters. The number of rotatable bonds is 7. The number of hydrogen-bond donors (Lipinski definition) is 0. The number of carbonyl (C=O) groups is 2. The van der Waals surface area contributed by atoms with Crippen LogP contribution in [0.2, 0.25) is 0 Å². The van der Waals surface area contributed by atoms with Gasteiger partial charge in [0.2, 0.25) is 11.8 Å². The Morgan fingerprint density at radius 3 is 2.78 bits per heavy atom. The van der Waals surface area contributed by atoms with Crippen LogP contribution in [0.3, 0.4) is 0 Å². The molecule has 0 radical (unpaired) electrons. The van der Waals surface area contributed by atoms with E-state index < -0.39 is 12.5 Å². The molecule has 8 heteroatoms. The number of alkyl halides is 2.